The van der Waals surface area contributed by atoms with Crippen LogP contribution in [0.25, 0.3) is 0 Å². The molecule has 112 valence electrons. The molecule has 0 aliphatic rings. The van der Waals surface area contributed by atoms with Gasteiger partial charge >= 0.3 is 0 Å². The molecule has 0 spiro atoms. The first-order valence-corrected chi connectivity index (χ1v) is 7.14. The second-order valence-corrected chi connectivity index (χ2v) is 5.34. The lowest BCUT2D eigenvalue weighted by Crippen LogP contribution is -2.31. The number of amides is 1. The van der Waals surface area contributed by atoms with Crippen molar-refractivity contribution in [1.29, 1.82) is 5.26 Å². The van der Waals surface area contributed by atoms with E-state index in [4.69, 9.17) is 5.26 Å². The Morgan fingerprint density at radius 2 is 1.68 bits per heavy atom. The number of aryl methyl sites for hydroxylation is 2. The molecule has 1 amide bonds. The molecule has 1 atom stereocenters. The Morgan fingerprint density at radius 3 is 2.27 bits per heavy atom. The van der Waals surface area contributed by atoms with Gasteiger partial charge in [0.05, 0.1) is 11.6 Å². The van der Waals surface area contributed by atoms with Crippen molar-refractivity contribution in [3.8, 4) is 6.07 Å². The van der Waals surface area contributed by atoms with Crippen LogP contribution in [-0.4, -0.2) is 11.9 Å². The summed E-state index contributed by atoms with van der Waals surface area (Å²) in [5.74, 6) is -0.122. The maximum absolute atomic E-state index is 12.2. The molecule has 22 heavy (non-hydrogen) atoms. The Hall–Kier alpha value is -2.80. The lowest BCUT2D eigenvalue weighted by molar-refractivity contribution is -0.116. The molecule has 2 aromatic rings. The minimum atomic E-state index is -0.363. The molecule has 4 nitrogen and oxygen atoms in total. The van der Waals surface area contributed by atoms with E-state index in [1.807, 2.05) is 38.1 Å². The fourth-order valence-electron chi connectivity index (χ4n) is 2.03. The number of carbonyl (C=O) groups excluding carboxylic acids is 1. The predicted molar refractivity (Wildman–Crippen MR) is 88.8 cm³/mol. The van der Waals surface area contributed by atoms with Crippen LogP contribution in [0.1, 0.15) is 23.6 Å². The van der Waals surface area contributed by atoms with Gasteiger partial charge in [0, 0.05) is 11.4 Å². The Balaban J connectivity index is 1.99. The summed E-state index contributed by atoms with van der Waals surface area (Å²) < 4.78 is 0. The lowest BCUT2D eigenvalue weighted by Gasteiger charge is -2.16. The molecule has 4 heteroatoms. The van der Waals surface area contributed by atoms with Crippen LogP contribution < -0.4 is 10.6 Å². The van der Waals surface area contributed by atoms with Gasteiger partial charge in [0.25, 0.3) is 0 Å². The van der Waals surface area contributed by atoms with Crippen molar-refractivity contribution in [2.75, 3.05) is 10.6 Å². The second-order valence-electron chi connectivity index (χ2n) is 5.34. The number of rotatable bonds is 4. The van der Waals surface area contributed by atoms with Gasteiger partial charge in [-0.1, -0.05) is 6.07 Å². The van der Waals surface area contributed by atoms with E-state index in [2.05, 4.69) is 17.6 Å². The third-order valence-electron chi connectivity index (χ3n) is 3.56. The summed E-state index contributed by atoms with van der Waals surface area (Å²) in [6, 6.07) is 14.5. The zero-order valence-corrected chi connectivity index (χ0v) is 13.0. The minimum Gasteiger partial charge on any atom is -0.374 e. The average molecular weight is 293 g/mol. The first-order valence-electron chi connectivity index (χ1n) is 7.14. The highest BCUT2D eigenvalue weighted by Gasteiger charge is 2.13. The largest absolute Gasteiger partial charge is 0.374 e. The molecule has 2 N–H and O–H groups in total. The SMILES string of the molecule is Cc1ccc(N[C@H](C)C(=O)Nc2ccc(C#N)cc2)cc1C. The van der Waals surface area contributed by atoms with Gasteiger partial charge in [-0.25, -0.2) is 0 Å². The van der Waals surface area contributed by atoms with Crippen molar-refractivity contribution >= 4 is 17.3 Å². The van der Waals surface area contributed by atoms with E-state index in [0.717, 1.165) is 5.69 Å². The van der Waals surface area contributed by atoms with Gasteiger partial charge in [0.15, 0.2) is 0 Å². The first-order chi connectivity index (χ1) is 10.5. The highest BCUT2D eigenvalue weighted by molar-refractivity contribution is 5.96. The minimum absolute atomic E-state index is 0.122. The van der Waals surface area contributed by atoms with Crippen LogP contribution in [-0.2, 0) is 4.79 Å². The number of hydrogen-bond donors (Lipinski definition) is 2. The summed E-state index contributed by atoms with van der Waals surface area (Å²) in [6.07, 6.45) is 0. The lowest BCUT2D eigenvalue weighted by atomic mass is 10.1. The van der Waals surface area contributed by atoms with Gasteiger partial charge in [-0.05, 0) is 68.3 Å². The molecule has 0 bridgehead atoms. The van der Waals surface area contributed by atoms with Crippen LogP contribution in [0.2, 0.25) is 0 Å². The van der Waals surface area contributed by atoms with Crippen LogP contribution in [0.5, 0.6) is 0 Å². The molecule has 0 unspecified atom stereocenters. The molecule has 0 saturated heterocycles. The molecular formula is C18H19N3O. The Kier molecular flexibility index (Phi) is 4.80. The van der Waals surface area contributed by atoms with Crippen molar-refractivity contribution in [2.45, 2.75) is 26.8 Å². The molecule has 2 aromatic carbocycles. The summed E-state index contributed by atoms with van der Waals surface area (Å²) in [6.45, 7) is 5.91. The predicted octanol–water partition coefficient (Wildman–Crippen LogP) is 3.61. The monoisotopic (exact) mass is 293 g/mol. The van der Waals surface area contributed by atoms with E-state index in [1.165, 1.54) is 11.1 Å². The van der Waals surface area contributed by atoms with E-state index in [0.29, 0.717) is 11.3 Å². The number of hydrogen-bond acceptors (Lipinski definition) is 3. The second kappa shape index (κ2) is 6.77. The van der Waals surface area contributed by atoms with Gasteiger partial charge in [0.2, 0.25) is 5.91 Å². The molecule has 0 aliphatic heterocycles. The number of anilines is 2. The van der Waals surface area contributed by atoms with Crippen LogP contribution in [0.4, 0.5) is 11.4 Å². The quantitative estimate of drug-likeness (QED) is 0.905. The molecule has 0 saturated carbocycles. The summed E-state index contributed by atoms with van der Waals surface area (Å²) in [5.41, 5.74) is 4.58. The third-order valence-corrected chi connectivity index (χ3v) is 3.56. The molecular weight excluding hydrogens is 274 g/mol. The number of nitriles is 1. The van der Waals surface area contributed by atoms with Gasteiger partial charge in [-0.2, -0.15) is 5.26 Å². The average Bonchev–Trinajstić information content (AvgIpc) is 2.51. The van der Waals surface area contributed by atoms with E-state index in [9.17, 15) is 4.79 Å². The Bertz CT molecular complexity index is 714. The molecule has 0 heterocycles. The van der Waals surface area contributed by atoms with Crippen molar-refractivity contribution in [2.24, 2.45) is 0 Å². The maximum Gasteiger partial charge on any atom is 0.246 e. The van der Waals surface area contributed by atoms with E-state index < -0.39 is 0 Å². The van der Waals surface area contributed by atoms with Crippen molar-refractivity contribution in [3.05, 3.63) is 59.2 Å². The third kappa shape index (κ3) is 3.86. The van der Waals surface area contributed by atoms with E-state index in [1.54, 1.807) is 24.3 Å². The van der Waals surface area contributed by atoms with E-state index >= 15 is 0 Å². The summed E-state index contributed by atoms with van der Waals surface area (Å²) in [7, 11) is 0. The standard InChI is InChI=1S/C18H19N3O/c1-12-4-7-17(10-13(12)2)20-14(3)18(22)21-16-8-5-15(11-19)6-9-16/h4-10,14,20H,1-3H3,(H,21,22)/t14-/m1/s1. The van der Waals surface area contributed by atoms with Crippen LogP contribution in [0.3, 0.4) is 0 Å². The molecule has 0 radical (unpaired) electrons. The van der Waals surface area contributed by atoms with Gasteiger partial charge in [-0.3, -0.25) is 4.79 Å². The zero-order chi connectivity index (χ0) is 16.1. The van der Waals surface area contributed by atoms with Crippen LogP contribution >= 0.6 is 0 Å². The number of nitrogens with zero attached hydrogens (tertiary/aromatic N) is 1. The maximum atomic E-state index is 12.2. The van der Waals surface area contributed by atoms with Crippen molar-refractivity contribution < 1.29 is 4.79 Å². The smallest absolute Gasteiger partial charge is 0.246 e. The first kappa shape index (κ1) is 15.6. The fraction of sp³-hybridized carbons (Fsp3) is 0.222. The van der Waals surface area contributed by atoms with Crippen LogP contribution in [0, 0.1) is 25.2 Å². The topological polar surface area (TPSA) is 64.9 Å². The molecule has 0 aliphatic carbocycles. The van der Waals surface area contributed by atoms with Gasteiger partial charge in [0.1, 0.15) is 6.04 Å². The highest BCUT2D eigenvalue weighted by atomic mass is 16.2. The molecule has 2 rings (SSSR count). The van der Waals surface area contributed by atoms with Crippen molar-refractivity contribution in [3.63, 3.8) is 0 Å². The summed E-state index contributed by atoms with van der Waals surface area (Å²) in [5, 5.41) is 14.8. The number of benzene rings is 2. The normalized spacial score (nSPS) is 11.4. The number of carbonyl (C=O) groups is 1. The highest BCUT2D eigenvalue weighted by Crippen LogP contribution is 2.16. The Labute approximate surface area is 130 Å². The molecule has 0 aromatic heterocycles. The van der Waals surface area contributed by atoms with Gasteiger partial charge in [-0.15, -0.1) is 0 Å². The van der Waals surface area contributed by atoms with Gasteiger partial charge < -0.3 is 10.6 Å². The summed E-state index contributed by atoms with van der Waals surface area (Å²) in [4.78, 5) is 12.2. The van der Waals surface area contributed by atoms with Crippen LogP contribution in [0.15, 0.2) is 42.5 Å². The van der Waals surface area contributed by atoms with E-state index in [-0.39, 0.29) is 11.9 Å². The van der Waals surface area contributed by atoms with Crippen molar-refractivity contribution in [1.82, 2.24) is 0 Å². The number of nitrogens with one attached hydrogen (secondary N) is 2. The zero-order valence-electron chi connectivity index (χ0n) is 13.0. The fourth-order valence-corrected chi connectivity index (χ4v) is 2.03. The molecule has 0 fully saturated rings. The summed E-state index contributed by atoms with van der Waals surface area (Å²) >= 11 is 0. The Morgan fingerprint density at radius 1 is 1.05 bits per heavy atom.